The maximum absolute atomic E-state index is 12.2. The van der Waals surface area contributed by atoms with Crippen LogP contribution in [-0.2, 0) is 9.59 Å². The van der Waals surface area contributed by atoms with E-state index < -0.39 is 0 Å². The highest BCUT2D eigenvalue weighted by Crippen LogP contribution is 2.20. The molecule has 126 valence electrons. The SMILES string of the molecule is CC(C)C(=O)Nc1ccc(NC(=O)CC(C)c2ccccc2)cc1. The fourth-order valence-corrected chi connectivity index (χ4v) is 2.31. The predicted molar refractivity (Wildman–Crippen MR) is 98.0 cm³/mol. The van der Waals surface area contributed by atoms with Crippen molar-refractivity contribution in [2.24, 2.45) is 5.92 Å². The molecule has 0 aliphatic rings. The summed E-state index contributed by atoms with van der Waals surface area (Å²) in [6.07, 6.45) is 0.426. The highest BCUT2D eigenvalue weighted by Gasteiger charge is 2.11. The van der Waals surface area contributed by atoms with Gasteiger partial charge in [-0.2, -0.15) is 0 Å². The Morgan fingerprint density at radius 3 is 1.92 bits per heavy atom. The molecule has 0 radical (unpaired) electrons. The summed E-state index contributed by atoms with van der Waals surface area (Å²) in [5, 5.41) is 5.72. The monoisotopic (exact) mass is 324 g/mol. The maximum atomic E-state index is 12.2. The molecule has 2 rings (SSSR count). The van der Waals surface area contributed by atoms with Crippen LogP contribution in [-0.4, -0.2) is 11.8 Å². The molecule has 1 unspecified atom stereocenters. The van der Waals surface area contributed by atoms with Crippen LogP contribution in [0.25, 0.3) is 0 Å². The minimum Gasteiger partial charge on any atom is -0.326 e. The van der Waals surface area contributed by atoms with Crippen LogP contribution in [0.1, 0.15) is 38.7 Å². The zero-order valence-corrected chi connectivity index (χ0v) is 14.4. The van der Waals surface area contributed by atoms with Crippen molar-refractivity contribution in [1.82, 2.24) is 0 Å². The van der Waals surface area contributed by atoms with E-state index >= 15 is 0 Å². The van der Waals surface area contributed by atoms with Gasteiger partial charge in [0, 0.05) is 23.7 Å². The van der Waals surface area contributed by atoms with E-state index in [0.717, 1.165) is 16.9 Å². The molecule has 0 heterocycles. The van der Waals surface area contributed by atoms with Crippen LogP contribution in [0, 0.1) is 5.92 Å². The van der Waals surface area contributed by atoms with E-state index in [0.29, 0.717) is 6.42 Å². The van der Waals surface area contributed by atoms with Crippen molar-refractivity contribution in [2.75, 3.05) is 10.6 Å². The first kappa shape index (κ1) is 17.7. The second-order valence-electron chi connectivity index (χ2n) is 6.29. The topological polar surface area (TPSA) is 58.2 Å². The first-order valence-corrected chi connectivity index (χ1v) is 8.21. The molecular formula is C20H24N2O2. The third-order valence-electron chi connectivity index (χ3n) is 3.82. The summed E-state index contributed by atoms with van der Waals surface area (Å²) in [5.74, 6) is 0.0495. The predicted octanol–water partition coefficient (Wildman–Crippen LogP) is 4.41. The first-order chi connectivity index (χ1) is 11.5. The van der Waals surface area contributed by atoms with E-state index in [9.17, 15) is 9.59 Å². The molecule has 4 heteroatoms. The quantitative estimate of drug-likeness (QED) is 0.826. The molecule has 4 nitrogen and oxygen atoms in total. The lowest BCUT2D eigenvalue weighted by Gasteiger charge is -2.12. The van der Waals surface area contributed by atoms with Crippen molar-refractivity contribution in [2.45, 2.75) is 33.1 Å². The molecule has 2 aromatic rings. The van der Waals surface area contributed by atoms with Gasteiger partial charge < -0.3 is 10.6 Å². The number of carbonyl (C=O) groups excluding carboxylic acids is 2. The van der Waals surface area contributed by atoms with E-state index in [1.54, 1.807) is 24.3 Å². The lowest BCUT2D eigenvalue weighted by atomic mass is 9.97. The number of carbonyl (C=O) groups is 2. The summed E-state index contributed by atoms with van der Waals surface area (Å²) < 4.78 is 0. The number of nitrogens with one attached hydrogen (secondary N) is 2. The number of amides is 2. The number of rotatable bonds is 6. The van der Waals surface area contributed by atoms with E-state index in [2.05, 4.69) is 10.6 Å². The molecule has 0 spiro atoms. The second kappa shape index (κ2) is 8.29. The zero-order valence-electron chi connectivity index (χ0n) is 14.4. The Labute approximate surface area is 143 Å². The highest BCUT2D eigenvalue weighted by molar-refractivity contribution is 5.93. The van der Waals surface area contributed by atoms with Gasteiger partial charge >= 0.3 is 0 Å². The zero-order chi connectivity index (χ0) is 17.5. The summed E-state index contributed by atoms with van der Waals surface area (Å²) >= 11 is 0. The summed E-state index contributed by atoms with van der Waals surface area (Å²) in [6, 6.07) is 17.2. The van der Waals surface area contributed by atoms with E-state index in [-0.39, 0.29) is 23.7 Å². The number of benzene rings is 2. The van der Waals surface area contributed by atoms with Gasteiger partial charge in [-0.05, 0) is 35.7 Å². The van der Waals surface area contributed by atoms with Crippen LogP contribution in [0.15, 0.2) is 54.6 Å². The van der Waals surface area contributed by atoms with Gasteiger partial charge in [0.25, 0.3) is 0 Å². The molecule has 24 heavy (non-hydrogen) atoms. The third-order valence-corrected chi connectivity index (χ3v) is 3.82. The van der Waals surface area contributed by atoms with Crippen LogP contribution in [0.4, 0.5) is 11.4 Å². The fourth-order valence-electron chi connectivity index (χ4n) is 2.31. The fraction of sp³-hybridized carbons (Fsp3) is 0.300. The van der Waals surface area contributed by atoms with Crippen LogP contribution in [0.5, 0.6) is 0 Å². The van der Waals surface area contributed by atoms with Crippen molar-refractivity contribution in [1.29, 1.82) is 0 Å². The highest BCUT2D eigenvalue weighted by atomic mass is 16.2. The van der Waals surface area contributed by atoms with Crippen molar-refractivity contribution < 1.29 is 9.59 Å². The summed E-state index contributed by atoms with van der Waals surface area (Å²) in [4.78, 5) is 23.8. The first-order valence-electron chi connectivity index (χ1n) is 8.21. The Bertz CT molecular complexity index is 679. The summed E-state index contributed by atoms with van der Waals surface area (Å²) in [6.45, 7) is 5.73. The molecule has 0 fully saturated rings. The Morgan fingerprint density at radius 1 is 0.833 bits per heavy atom. The minimum atomic E-state index is -0.0659. The average molecular weight is 324 g/mol. The van der Waals surface area contributed by atoms with Gasteiger partial charge in [-0.3, -0.25) is 9.59 Å². The molecule has 2 aromatic carbocycles. The molecule has 0 saturated heterocycles. The average Bonchev–Trinajstić information content (AvgIpc) is 2.57. The molecule has 0 aliphatic heterocycles. The molecule has 0 saturated carbocycles. The van der Waals surface area contributed by atoms with Crippen LogP contribution < -0.4 is 10.6 Å². The summed E-state index contributed by atoms with van der Waals surface area (Å²) in [7, 11) is 0. The van der Waals surface area contributed by atoms with E-state index in [1.165, 1.54) is 0 Å². The Balaban J connectivity index is 1.89. The van der Waals surface area contributed by atoms with Gasteiger partial charge in [0.1, 0.15) is 0 Å². The standard InChI is InChI=1S/C20H24N2O2/c1-14(2)20(24)22-18-11-9-17(10-12-18)21-19(23)13-15(3)16-7-5-4-6-8-16/h4-12,14-15H,13H2,1-3H3,(H,21,23)(H,22,24). The molecular weight excluding hydrogens is 300 g/mol. The van der Waals surface area contributed by atoms with Crippen molar-refractivity contribution in [3.8, 4) is 0 Å². The van der Waals surface area contributed by atoms with Gasteiger partial charge in [-0.25, -0.2) is 0 Å². The molecule has 0 bridgehead atoms. The maximum Gasteiger partial charge on any atom is 0.226 e. The van der Waals surface area contributed by atoms with E-state index in [4.69, 9.17) is 0 Å². The van der Waals surface area contributed by atoms with Gasteiger partial charge in [0.15, 0.2) is 0 Å². The molecule has 2 N–H and O–H groups in total. The van der Waals surface area contributed by atoms with Crippen molar-refractivity contribution in [3.63, 3.8) is 0 Å². The van der Waals surface area contributed by atoms with Crippen molar-refractivity contribution in [3.05, 3.63) is 60.2 Å². The minimum absolute atomic E-state index is 0.0229. The van der Waals surface area contributed by atoms with Gasteiger partial charge in [-0.1, -0.05) is 51.1 Å². The van der Waals surface area contributed by atoms with E-state index in [1.807, 2.05) is 51.1 Å². The normalized spacial score (nSPS) is 11.8. The van der Waals surface area contributed by atoms with Crippen LogP contribution in [0.3, 0.4) is 0 Å². The number of anilines is 2. The van der Waals surface area contributed by atoms with Crippen LogP contribution >= 0.6 is 0 Å². The Kier molecular flexibility index (Phi) is 6.13. The van der Waals surface area contributed by atoms with Gasteiger partial charge in [0.2, 0.25) is 11.8 Å². The number of hydrogen-bond acceptors (Lipinski definition) is 2. The van der Waals surface area contributed by atoms with Gasteiger partial charge in [-0.15, -0.1) is 0 Å². The van der Waals surface area contributed by atoms with Crippen LogP contribution in [0.2, 0.25) is 0 Å². The number of hydrogen-bond donors (Lipinski definition) is 2. The largest absolute Gasteiger partial charge is 0.326 e. The molecule has 0 aromatic heterocycles. The lowest BCUT2D eigenvalue weighted by molar-refractivity contribution is -0.119. The molecule has 2 amide bonds. The third kappa shape index (κ3) is 5.23. The lowest BCUT2D eigenvalue weighted by Crippen LogP contribution is -2.18. The second-order valence-corrected chi connectivity index (χ2v) is 6.29. The molecule has 1 atom stereocenters. The van der Waals surface area contributed by atoms with Gasteiger partial charge in [0.05, 0.1) is 0 Å². The smallest absolute Gasteiger partial charge is 0.226 e. The molecule has 0 aliphatic carbocycles. The van der Waals surface area contributed by atoms with Crippen molar-refractivity contribution >= 4 is 23.2 Å². The Hall–Kier alpha value is -2.62. The summed E-state index contributed by atoms with van der Waals surface area (Å²) in [5.41, 5.74) is 2.60. The Morgan fingerprint density at radius 2 is 1.38 bits per heavy atom.